The molecule has 1 rings (SSSR count). The Kier molecular flexibility index (Phi) is 13.3. The topological polar surface area (TPSA) is 135 Å². The lowest BCUT2D eigenvalue weighted by molar-refractivity contribution is -0.0471. The largest absolute Gasteiger partial charge is 0.510 e. The van der Waals surface area contributed by atoms with Gasteiger partial charge in [0.15, 0.2) is 0 Å². The van der Waals surface area contributed by atoms with Crippen molar-refractivity contribution < 1.29 is 32.6 Å². The monoisotopic (exact) mass is 566 g/mol. The highest BCUT2D eigenvalue weighted by molar-refractivity contribution is 7.54. The lowest BCUT2D eigenvalue weighted by Crippen LogP contribution is -2.30. The molecule has 0 aliphatic rings. The summed E-state index contributed by atoms with van der Waals surface area (Å²) in [5, 5.41) is -0.135. The Morgan fingerprint density at radius 3 is 2.43 bits per heavy atom. The summed E-state index contributed by atoms with van der Waals surface area (Å²) >= 11 is 5.75. The third-order valence-corrected chi connectivity index (χ3v) is 6.55. The molecule has 0 aliphatic carbocycles. The summed E-state index contributed by atoms with van der Waals surface area (Å²) in [7, 11) is -3.72. The van der Waals surface area contributed by atoms with E-state index in [2.05, 4.69) is 25.8 Å². The number of aromatic nitrogens is 2. The molecular formula is C24H40ClN2O9P. The molecule has 212 valence electrons. The summed E-state index contributed by atoms with van der Waals surface area (Å²) in [6.45, 7) is 13.7. The van der Waals surface area contributed by atoms with Gasteiger partial charge in [-0.2, -0.15) is 0 Å². The van der Waals surface area contributed by atoms with Crippen molar-refractivity contribution >= 4 is 25.4 Å². The highest BCUT2D eigenvalue weighted by Gasteiger charge is 2.27. The number of carbonyl (C=O) groups is 1. The van der Waals surface area contributed by atoms with Gasteiger partial charge in [0.2, 0.25) is 6.79 Å². The van der Waals surface area contributed by atoms with Gasteiger partial charge in [-0.05, 0) is 46.0 Å². The van der Waals surface area contributed by atoms with E-state index in [1.165, 1.54) is 16.8 Å². The molecule has 37 heavy (non-hydrogen) atoms. The first-order valence-electron chi connectivity index (χ1n) is 12.0. The van der Waals surface area contributed by atoms with E-state index in [9.17, 15) is 18.9 Å². The van der Waals surface area contributed by atoms with Crippen LogP contribution in [-0.2, 0) is 34.4 Å². The first kappa shape index (κ1) is 33.1. The van der Waals surface area contributed by atoms with Crippen LogP contribution in [0.25, 0.3) is 0 Å². The number of nitrogens with zero attached hydrogens (tertiary/aromatic N) is 1. The molecule has 0 saturated carbocycles. The van der Waals surface area contributed by atoms with E-state index in [1.807, 2.05) is 13.8 Å². The number of carbonyl (C=O) groups excluding carboxylic acids is 1. The minimum atomic E-state index is -3.72. The van der Waals surface area contributed by atoms with Gasteiger partial charge in [0, 0.05) is 19.3 Å². The van der Waals surface area contributed by atoms with Crippen LogP contribution in [0.2, 0.25) is 5.02 Å². The van der Waals surface area contributed by atoms with Crippen LogP contribution in [0.15, 0.2) is 27.9 Å². The molecule has 0 amide bonds. The summed E-state index contributed by atoms with van der Waals surface area (Å²) in [5.74, 6) is 0. The Balaban J connectivity index is 2.71. The van der Waals surface area contributed by atoms with Gasteiger partial charge in [0.25, 0.3) is 5.56 Å². The van der Waals surface area contributed by atoms with E-state index >= 15 is 0 Å². The van der Waals surface area contributed by atoms with Crippen molar-refractivity contribution in [3.05, 3.63) is 44.2 Å². The molecule has 0 fully saturated rings. The second kappa shape index (κ2) is 14.9. The molecule has 0 saturated heterocycles. The number of aromatic amines is 1. The number of hydrogen-bond acceptors (Lipinski definition) is 9. The molecule has 1 atom stereocenters. The van der Waals surface area contributed by atoms with Crippen LogP contribution in [0.3, 0.4) is 0 Å². The maximum atomic E-state index is 13.2. The van der Waals surface area contributed by atoms with Crippen molar-refractivity contribution in [1.29, 1.82) is 0 Å². The zero-order valence-corrected chi connectivity index (χ0v) is 24.4. The molecule has 1 aromatic heterocycles. The SMILES string of the molecule is CC(C)OC(=O)OCOP(=O)(C/C=C/Cn1cc(Cl)c(=O)[nH]c1=O)OCCCOC(C)(C)CC(C)(C)C. The van der Waals surface area contributed by atoms with Crippen molar-refractivity contribution in [1.82, 2.24) is 9.55 Å². The van der Waals surface area contributed by atoms with E-state index in [-0.39, 0.29) is 41.5 Å². The van der Waals surface area contributed by atoms with E-state index in [0.717, 1.165) is 6.42 Å². The molecule has 0 spiro atoms. The van der Waals surface area contributed by atoms with Gasteiger partial charge in [-0.3, -0.25) is 23.4 Å². The molecule has 0 aliphatic heterocycles. The van der Waals surface area contributed by atoms with Gasteiger partial charge in [0.05, 0.1) is 24.5 Å². The molecule has 0 radical (unpaired) electrons. The number of ether oxygens (including phenoxy) is 3. The first-order valence-corrected chi connectivity index (χ1v) is 14.1. The fraction of sp³-hybridized carbons (Fsp3) is 0.708. The summed E-state index contributed by atoms with van der Waals surface area (Å²) < 4.78 is 40.9. The average Bonchev–Trinajstić information content (AvgIpc) is 2.72. The predicted molar refractivity (Wildman–Crippen MR) is 141 cm³/mol. The Labute approximate surface area is 223 Å². The number of hydrogen-bond donors (Lipinski definition) is 1. The Bertz CT molecular complexity index is 1060. The van der Waals surface area contributed by atoms with Crippen molar-refractivity contribution in [2.45, 2.75) is 79.6 Å². The zero-order chi connectivity index (χ0) is 28.3. The van der Waals surface area contributed by atoms with Gasteiger partial charge in [-0.1, -0.05) is 44.5 Å². The standard InChI is InChI=1S/C24H40ClN2O9P/c1-18(2)36-22(30)32-17-35-37(31,34-13-10-12-33-24(6,7)16-23(3,4)5)14-9-8-11-27-15-19(25)20(28)26-21(27)29/h8-9,15,18H,10-14,16-17H2,1-7H3,(H,26,28,29)/b9-8+. The second-order valence-corrected chi connectivity index (χ2v) is 13.0. The van der Waals surface area contributed by atoms with E-state index < -0.39 is 31.8 Å². The molecule has 11 nitrogen and oxygen atoms in total. The molecule has 1 unspecified atom stereocenters. The summed E-state index contributed by atoms with van der Waals surface area (Å²) in [6.07, 6.45) is 4.08. The van der Waals surface area contributed by atoms with Crippen molar-refractivity contribution in [2.75, 3.05) is 26.2 Å². The Hall–Kier alpha value is -1.91. The molecule has 13 heteroatoms. The van der Waals surface area contributed by atoms with Gasteiger partial charge in [-0.25, -0.2) is 9.59 Å². The molecule has 1 heterocycles. The predicted octanol–water partition coefficient (Wildman–Crippen LogP) is 5.11. The fourth-order valence-corrected chi connectivity index (χ4v) is 4.95. The second-order valence-electron chi connectivity index (χ2n) is 10.5. The van der Waals surface area contributed by atoms with Crippen molar-refractivity contribution in [3.8, 4) is 0 Å². The smallest absolute Gasteiger partial charge is 0.432 e. The number of allylic oxidation sites excluding steroid dienone is 2. The van der Waals surface area contributed by atoms with Crippen LogP contribution >= 0.6 is 19.2 Å². The third kappa shape index (κ3) is 14.6. The third-order valence-electron chi connectivity index (χ3n) is 4.55. The minimum absolute atomic E-state index is 0.0588. The summed E-state index contributed by atoms with van der Waals surface area (Å²) in [4.78, 5) is 36.9. The molecule has 0 bridgehead atoms. The van der Waals surface area contributed by atoms with Crippen LogP contribution < -0.4 is 11.2 Å². The molecule has 1 aromatic rings. The zero-order valence-electron chi connectivity index (χ0n) is 22.7. The minimum Gasteiger partial charge on any atom is -0.432 e. The van der Waals surface area contributed by atoms with Gasteiger partial charge >= 0.3 is 19.4 Å². The van der Waals surface area contributed by atoms with Gasteiger partial charge < -0.3 is 18.7 Å². The van der Waals surface area contributed by atoms with Crippen LogP contribution in [0.4, 0.5) is 4.79 Å². The maximum absolute atomic E-state index is 13.2. The van der Waals surface area contributed by atoms with E-state index in [1.54, 1.807) is 19.9 Å². The van der Waals surface area contributed by atoms with Crippen LogP contribution in [-0.4, -0.2) is 53.6 Å². The van der Waals surface area contributed by atoms with E-state index in [4.69, 9.17) is 34.9 Å². The average molecular weight is 567 g/mol. The van der Waals surface area contributed by atoms with Gasteiger partial charge in [0.1, 0.15) is 5.02 Å². The highest BCUT2D eigenvalue weighted by atomic mass is 35.5. The van der Waals surface area contributed by atoms with Crippen LogP contribution in [0, 0.1) is 5.41 Å². The number of nitrogens with one attached hydrogen (secondary N) is 1. The van der Waals surface area contributed by atoms with E-state index in [0.29, 0.717) is 13.0 Å². The van der Waals surface area contributed by atoms with Gasteiger partial charge in [-0.15, -0.1) is 0 Å². The number of halogens is 1. The Morgan fingerprint density at radius 1 is 1.14 bits per heavy atom. The van der Waals surface area contributed by atoms with Crippen LogP contribution in [0.1, 0.15) is 61.3 Å². The number of H-pyrrole nitrogens is 1. The quantitative estimate of drug-likeness (QED) is 0.101. The summed E-state index contributed by atoms with van der Waals surface area (Å²) in [5.41, 5.74) is -1.53. The van der Waals surface area contributed by atoms with Crippen LogP contribution in [0.5, 0.6) is 0 Å². The maximum Gasteiger partial charge on any atom is 0.510 e. The number of rotatable bonds is 15. The highest BCUT2D eigenvalue weighted by Crippen LogP contribution is 2.48. The summed E-state index contributed by atoms with van der Waals surface area (Å²) in [6, 6.07) is 0. The molecular weight excluding hydrogens is 527 g/mol. The van der Waals surface area contributed by atoms with Crippen molar-refractivity contribution in [3.63, 3.8) is 0 Å². The van der Waals surface area contributed by atoms with Crippen molar-refractivity contribution in [2.24, 2.45) is 5.41 Å². The molecule has 1 N–H and O–H groups in total. The normalized spacial score (nSPS) is 14.2. The lowest BCUT2D eigenvalue weighted by Gasteiger charge is -2.32. The fourth-order valence-electron chi connectivity index (χ4n) is 3.47. The molecule has 0 aromatic carbocycles. The Morgan fingerprint density at radius 2 is 1.81 bits per heavy atom. The lowest BCUT2D eigenvalue weighted by atomic mass is 9.84. The first-order chi connectivity index (χ1) is 17.0.